The van der Waals surface area contributed by atoms with Crippen molar-refractivity contribution < 1.29 is 33.8 Å². The van der Waals surface area contributed by atoms with Gasteiger partial charge in [0, 0.05) is 36.6 Å². The maximum atomic E-state index is 11.6. The van der Waals surface area contributed by atoms with Crippen molar-refractivity contribution in [2.24, 2.45) is 0 Å². The number of para-hydroxylation sites is 1. The van der Waals surface area contributed by atoms with Crippen molar-refractivity contribution >= 4 is 11.8 Å². The molecule has 1 fully saturated rings. The van der Waals surface area contributed by atoms with Crippen LogP contribution in [0, 0.1) is 10.1 Å². The lowest BCUT2D eigenvalue weighted by Crippen LogP contribution is -2.46. The molecule has 40 heavy (non-hydrogen) atoms. The molecule has 1 heterocycles. The molecule has 10 heteroatoms. The van der Waals surface area contributed by atoms with Gasteiger partial charge in [-0.1, -0.05) is 42.5 Å². The third-order valence-corrected chi connectivity index (χ3v) is 6.88. The normalized spacial score (nSPS) is 16.9. The molecular formula is C30H34N2O8. The molecule has 1 aliphatic heterocycles. The first-order valence-corrected chi connectivity index (χ1v) is 13.2. The van der Waals surface area contributed by atoms with E-state index >= 15 is 0 Å². The number of benzene rings is 3. The number of nitrogens with zero attached hydrogens (tertiary/aromatic N) is 2. The van der Waals surface area contributed by atoms with Gasteiger partial charge >= 0.3 is 6.09 Å². The van der Waals surface area contributed by atoms with Gasteiger partial charge in [0.15, 0.2) is 0 Å². The van der Waals surface area contributed by atoms with Crippen molar-refractivity contribution in [2.75, 3.05) is 33.4 Å². The quantitative estimate of drug-likeness (QED) is 0.165. The van der Waals surface area contributed by atoms with E-state index in [1.54, 1.807) is 19.2 Å². The van der Waals surface area contributed by atoms with Crippen molar-refractivity contribution in [1.29, 1.82) is 0 Å². The number of methoxy groups -OCH3 is 1. The van der Waals surface area contributed by atoms with E-state index in [0.29, 0.717) is 38.3 Å². The molecule has 10 nitrogen and oxygen atoms in total. The lowest BCUT2D eigenvalue weighted by molar-refractivity contribution is -0.385. The zero-order valence-corrected chi connectivity index (χ0v) is 22.4. The molecule has 3 aromatic carbocycles. The van der Waals surface area contributed by atoms with Gasteiger partial charge in [-0.2, -0.15) is 0 Å². The molecule has 3 aromatic rings. The smallest absolute Gasteiger partial charge is 0.407 e. The number of nitro groups is 1. The second-order valence-corrected chi connectivity index (χ2v) is 9.54. The highest BCUT2D eigenvalue weighted by atomic mass is 16.6. The minimum absolute atomic E-state index is 0.00738. The Hall–Kier alpha value is -4.15. The van der Waals surface area contributed by atoms with E-state index in [2.05, 4.69) is 0 Å². The van der Waals surface area contributed by atoms with Gasteiger partial charge in [-0.15, -0.1) is 0 Å². The molecule has 1 saturated heterocycles. The maximum Gasteiger partial charge on any atom is 0.407 e. The fraction of sp³-hybridized carbons (Fsp3) is 0.367. The SMILES string of the molecule is COc1ccccc1COCCCOc1ccc(C2CCN(C(=O)O)CC2OCc2cccc([N+](=O)[O-])c2)cc1. The molecule has 2 unspecified atom stereocenters. The zero-order valence-electron chi connectivity index (χ0n) is 22.4. The van der Waals surface area contributed by atoms with Crippen LogP contribution in [0.1, 0.15) is 35.4 Å². The molecule has 0 spiro atoms. The van der Waals surface area contributed by atoms with Crippen LogP contribution in [-0.2, 0) is 22.7 Å². The van der Waals surface area contributed by atoms with Crippen LogP contribution < -0.4 is 9.47 Å². The minimum Gasteiger partial charge on any atom is -0.496 e. The largest absolute Gasteiger partial charge is 0.496 e. The summed E-state index contributed by atoms with van der Waals surface area (Å²) in [7, 11) is 1.64. The Bertz CT molecular complexity index is 1270. The third kappa shape index (κ3) is 7.93. The molecule has 0 aromatic heterocycles. The number of carboxylic acid groups (broad SMARTS) is 1. The van der Waals surface area contributed by atoms with Gasteiger partial charge in [-0.3, -0.25) is 10.1 Å². The van der Waals surface area contributed by atoms with Crippen LogP contribution in [0.2, 0.25) is 0 Å². The van der Waals surface area contributed by atoms with Crippen LogP contribution in [0.4, 0.5) is 10.5 Å². The number of piperidine rings is 1. The third-order valence-electron chi connectivity index (χ3n) is 6.88. The highest BCUT2D eigenvalue weighted by Gasteiger charge is 2.33. The fourth-order valence-electron chi connectivity index (χ4n) is 4.77. The number of likely N-dealkylation sites (tertiary alicyclic amines) is 1. The second-order valence-electron chi connectivity index (χ2n) is 9.54. The number of carbonyl (C=O) groups is 1. The van der Waals surface area contributed by atoms with Crippen molar-refractivity contribution in [3.05, 3.63) is 99.6 Å². The Morgan fingerprint density at radius 2 is 1.85 bits per heavy atom. The van der Waals surface area contributed by atoms with Gasteiger partial charge in [0.1, 0.15) is 11.5 Å². The Labute approximate surface area is 233 Å². The molecule has 0 radical (unpaired) electrons. The summed E-state index contributed by atoms with van der Waals surface area (Å²) in [4.78, 5) is 23.6. The molecule has 1 amide bonds. The number of ether oxygens (including phenoxy) is 4. The summed E-state index contributed by atoms with van der Waals surface area (Å²) in [5, 5.41) is 20.6. The Kier molecular flexibility index (Phi) is 10.3. The number of rotatable bonds is 13. The number of hydrogen-bond donors (Lipinski definition) is 1. The van der Waals surface area contributed by atoms with Gasteiger partial charge in [0.2, 0.25) is 0 Å². The standard InChI is InChI=1S/C30H34N2O8/c1-37-28-9-3-2-7-24(28)21-38-16-5-17-39-26-12-10-23(11-13-26)27-14-15-31(30(33)34)19-29(27)40-20-22-6-4-8-25(18-22)32(35)36/h2-4,6-13,18,27,29H,5,14-17,19-21H2,1H3,(H,33,34). The van der Waals surface area contributed by atoms with Crippen molar-refractivity contribution in [3.63, 3.8) is 0 Å². The van der Waals surface area contributed by atoms with Crippen LogP contribution >= 0.6 is 0 Å². The minimum atomic E-state index is -0.988. The fourth-order valence-corrected chi connectivity index (χ4v) is 4.77. The summed E-state index contributed by atoms with van der Waals surface area (Å²) < 4.78 is 23.1. The van der Waals surface area contributed by atoms with Gasteiger partial charge in [0.05, 0.1) is 51.1 Å². The lowest BCUT2D eigenvalue weighted by Gasteiger charge is -2.37. The van der Waals surface area contributed by atoms with Crippen LogP contribution in [0.5, 0.6) is 11.5 Å². The van der Waals surface area contributed by atoms with Crippen molar-refractivity contribution in [2.45, 2.75) is 38.1 Å². The van der Waals surface area contributed by atoms with E-state index in [1.807, 2.05) is 48.5 Å². The Balaban J connectivity index is 1.28. The van der Waals surface area contributed by atoms with Crippen molar-refractivity contribution in [1.82, 2.24) is 4.90 Å². The molecule has 0 bridgehead atoms. The Morgan fingerprint density at radius 1 is 1.05 bits per heavy atom. The van der Waals surface area contributed by atoms with Crippen LogP contribution in [-0.4, -0.2) is 60.5 Å². The number of non-ortho nitro benzene ring substituents is 1. The molecule has 1 N–H and O–H groups in total. The topological polar surface area (TPSA) is 121 Å². The summed E-state index contributed by atoms with van der Waals surface area (Å²) in [6.45, 7) is 2.32. The van der Waals surface area contributed by atoms with Gasteiger partial charge in [-0.05, 0) is 35.7 Å². The molecule has 2 atom stereocenters. The second kappa shape index (κ2) is 14.3. The molecule has 212 valence electrons. The maximum absolute atomic E-state index is 11.6. The van der Waals surface area contributed by atoms with Crippen LogP contribution in [0.25, 0.3) is 0 Å². The summed E-state index contributed by atoms with van der Waals surface area (Å²) in [6, 6.07) is 21.8. The van der Waals surface area contributed by atoms with E-state index in [4.69, 9.17) is 18.9 Å². The first-order chi connectivity index (χ1) is 19.4. The first-order valence-electron chi connectivity index (χ1n) is 13.2. The molecular weight excluding hydrogens is 516 g/mol. The van der Waals surface area contributed by atoms with E-state index in [-0.39, 0.29) is 24.8 Å². The zero-order chi connectivity index (χ0) is 28.3. The average molecular weight is 551 g/mol. The van der Waals surface area contributed by atoms with Crippen LogP contribution in [0.15, 0.2) is 72.8 Å². The Morgan fingerprint density at radius 3 is 2.60 bits per heavy atom. The highest BCUT2D eigenvalue weighted by molar-refractivity contribution is 5.65. The van der Waals surface area contributed by atoms with Gasteiger partial charge in [-0.25, -0.2) is 4.79 Å². The molecule has 0 aliphatic carbocycles. The monoisotopic (exact) mass is 550 g/mol. The van der Waals surface area contributed by atoms with E-state index < -0.39 is 17.1 Å². The van der Waals surface area contributed by atoms with Gasteiger partial charge < -0.3 is 29.0 Å². The predicted molar refractivity (Wildman–Crippen MR) is 148 cm³/mol. The summed E-state index contributed by atoms with van der Waals surface area (Å²) >= 11 is 0. The van der Waals surface area contributed by atoms with Gasteiger partial charge in [0.25, 0.3) is 5.69 Å². The predicted octanol–water partition coefficient (Wildman–Crippen LogP) is 5.64. The molecule has 0 saturated carbocycles. The summed E-state index contributed by atoms with van der Waals surface area (Å²) in [6.07, 6.45) is -0.0392. The lowest BCUT2D eigenvalue weighted by atomic mass is 9.87. The van der Waals surface area contributed by atoms with E-state index in [9.17, 15) is 20.0 Å². The number of nitro benzene ring substituents is 1. The average Bonchev–Trinajstić information content (AvgIpc) is 2.98. The summed E-state index contributed by atoms with van der Waals surface area (Å²) in [5.41, 5.74) is 2.69. The van der Waals surface area contributed by atoms with E-state index in [1.165, 1.54) is 17.0 Å². The van der Waals surface area contributed by atoms with Crippen molar-refractivity contribution in [3.8, 4) is 11.5 Å². The number of amides is 1. The molecule has 4 rings (SSSR count). The first kappa shape index (κ1) is 28.8. The highest BCUT2D eigenvalue weighted by Crippen LogP contribution is 2.32. The molecule has 1 aliphatic rings. The number of hydrogen-bond acceptors (Lipinski definition) is 7. The summed E-state index contributed by atoms with van der Waals surface area (Å²) in [5.74, 6) is 1.53. The van der Waals surface area contributed by atoms with E-state index in [0.717, 1.165) is 29.0 Å². The van der Waals surface area contributed by atoms with Crippen LogP contribution in [0.3, 0.4) is 0 Å².